The normalized spacial score (nSPS) is 16.5. The van der Waals surface area contributed by atoms with Gasteiger partial charge in [-0.05, 0) is 95.8 Å². The molecule has 2 amide bonds. The Kier molecular flexibility index (Phi) is 16.1. The van der Waals surface area contributed by atoms with Gasteiger partial charge in [-0.2, -0.15) is 0 Å². The molecule has 13 nitrogen and oxygen atoms in total. The van der Waals surface area contributed by atoms with Gasteiger partial charge in [-0.15, -0.1) is 0 Å². The Morgan fingerprint density at radius 1 is 1.06 bits per heavy atom. The molecule has 1 heterocycles. The Bertz CT molecular complexity index is 1390. The maximum absolute atomic E-state index is 13.7. The Morgan fingerprint density at radius 2 is 1.71 bits per heavy atom. The van der Waals surface area contributed by atoms with Crippen LogP contribution in [0.15, 0.2) is 9.89 Å². The molecule has 1 saturated carbocycles. The number of carbonyl (C=O) groups excluding carboxylic acids is 2. The third-order valence-corrected chi connectivity index (χ3v) is 10.5. The van der Waals surface area contributed by atoms with Crippen molar-refractivity contribution in [2.24, 2.45) is 16.6 Å². The molecule has 1 aromatic rings. The third kappa shape index (κ3) is 12.2. The summed E-state index contributed by atoms with van der Waals surface area (Å²) in [6.07, 6.45) is 9.68. The predicted molar refractivity (Wildman–Crippen MR) is 188 cm³/mol. The summed E-state index contributed by atoms with van der Waals surface area (Å²) in [4.78, 5) is 39.3. The maximum Gasteiger partial charge on any atom is 0.290 e. The van der Waals surface area contributed by atoms with E-state index in [0.29, 0.717) is 68.7 Å². The number of nitrogens with zero attached hydrogens (tertiary/aromatic N) is 2. The molecule has 1 aliphatic carbocycles. The summed E-state index contributed by atoms with van der Waals surface area (Å²) in [6.45, 7) is 10.8. The van der Waals surface area contributed by atoms with Crippen LogP contribution in [0.25, 0.3) is 0 Å². The van der Waals surface area contributed by atoms with Gasteiger partial charge in [0.2, 0.25) is 17.8 Å². The highest BCUT2D eigenvalue weighted by Crippen LogP contribution is 2.43. The molecule has 0 spiro atoms. The molecule has 0 saturated heterocycles. The number of unbranched alkanes of at least 4 members (excludes halogenated alkanes) is 1. The van der Waals surface area contributed by atoms with Crippen LogP contribution in [0.1, 0.15) is 100 Å². The van der Waals surface area contributed by atoms with Crippen molar-refractivity contribution in [3.63, 3.8) is 0 Å². The minimum atomic E-state index is -3.94. The van der Waals surface area contributed by atoms with E-state index in [4.69, 9.17) is 20.4 Å². The number of carboxylic acid groups (broad SMARTS) is 1. The molecule has 3 rings (SSSR count). The maximum atomic E-state index is 13.7. The quantitative estimate of drug-likeness (QED) is 0.0841. The summed E-state index contributed by atoms with van der Waals surface area (Å²) >= 11 is 0. The molecule has 6 N–H and O–H groups in total. The van der Waals surface area contributed by atoms with Crippen LogP contribution in [0.2, 0.25) is 0 Å². The second-order valence-electron chi connectivity index (χ2n) is 13.7. The molecular formula is C34H58N6O7S. The Morgan fingerprint density at radius 3 is 2.33 bits per heavy atom. The van der Waals surface area contributed by atoms with E-state index in [-0.39, 0.29) is 34.7 Å². The highest BCUT2D eigenvalue weighted by Gasteiger charge is 2.37. The second-order valence-corrected chi connectivity index (χ2v) is 15.3. The number of benzene rings is 1. The molecule has 0 bridgehead atoms. The number of aliphatic imine (C=N–C) groups is 1. The van der Waals surface area contributed by atoms with Crippen LogP contribution in [0.4, 0.5) is 0 Å². The number of carbonyl (C=O) groups is 3. The molecule has 1 aromatic carbocycles. The van der Waals surface area contributed by atoms with Crippen molar-refractivity contribution in [3.8, 4) is 5.75 Å². The molecule has 0 radical (unpaired) electrons. The molecule has 14 heteroatoms. The molecule has 48 heavy (non-hydrogen) atoms. The summed E-state index contributed by atoms with van der Waals surface area (Å²) in [5.41, 5.74) is 8.81. The Hall–Kier alpha value is -3.39. The van der Waals surface area contributed by atoms with Crippen LogP contribution in [-0.4, -0.2) is 88.0 Å². The van der Waals surface area contributed by atoms with Gasteiger partial charge in [-0.25, -0.2) is 13.1 Å². The number of rotatable bonds is 14. The summed E-state index contributed by atoms with van der Waals surface area (Å²) in [6, 6.07) is -0.690. The van der Waals surface area contributed by atoms with Gasteiger partial charge in [-0.1, -0.05) is 19.3 Å². The number of nitrogens with two attached hydrogens (primary N) is 1. The first-order valence-electron chi connectivity index (χ1n) is 17.0. The van der Waals surface area contributed by atoms with Gasteiger partial charge in [0.05, 0.1) is 10.9 Å². The molecular weight excluding hydrogens is 636 g/mol. The van der Waals surface area contributed by atoms with Gasteiger partial charge < -0.3 is 31.1 Å². The van der Waals surface area contributed by atoms with Crippen LogP contribution in [-0.2, 0) is 30.8 Å². The smallest absolute Gasteiger partial charge is 0.290 e. The second kappa shape index (κ2) is 19.0. The van der Waals surface area contributed by atoms with E-state index >= 15 is 0 Å². The van der Waals surface area contributed by atoms with E-state index in [0.717, 1.165) is 23.4 Å². The molecule has 2 aliphatic rings. The fourth-order valence-corrected chi connectivity index (χ4v) is 7.87. The summed E-state index contributed by atoms with van der Waals surface area (Å²) in [7, 11) is -0.481. The van der Waals surface area contributed by atoms with Crippen molar-refractivity contribution in [1.82, 2.24) is 20.3 Å². The fourth-order valence-electron chi connectivity index (χ4n) is 6.20. The van der Waals surface area contributed by atoms with Crippen molar-refractivity contribution in [1.29, 1.82) is 0 Å². The standard InChI is InChI=1S/C33H56N6O5S.CH2O2/c1-22-23(2)30(24(3)26-20-33(4,5)44-29(22)26)45(42,43)38-32(39(6)7)36-19-13-16-27(34)31(41)35-18-12-11-17-28(40)37-21-25-14-9-8-10-15-25;2-1-3/h25,27H,8-21,34H2,1-7H3,(H,35,41)(H,36,38)(H,37,40);1H,(H,2,3)/t27-;/m0./s1. The number of sulfonamides is 1. The molecule has 1 aliphatic heterocycles. The molecule has 1 fully saturated rings. The SMILES string of the molecule is Cc1c(C)c(S(=O)(=O)NC(=NCCC[C@H](N)C(=O)NCCCCC(=O)NCC2CCCCC2)N(C)C)c(C)c2c1OC(C)(C)C2.O=CO. The van der Waals surface area contributed by atoms with Crippen molar-refractivity contribution in [3.05, 3.63) is 22.3 Å². The third-order valence-electron chi connectivity index (χ3n) is 8.92. The average molecular weight is 695 g/mol. The van der Waals surface area contributed by atoms with Crippen molar-refractivity contribution >= 4 is 34.3 Å². The first-order chi connectivity index (χ1) is 22.5. The lowest BCUT2D eigenvalue weighted by Crippen LogP contribution is -2.41. The molecule has 272 valence electrons. The lowest BCUT2D eigenvalue weighted by molar-refractivity contribution is -0.123. The van der Waals surface area contributed by atoms with E-state index in [1.165, 1.54) is 32.1 Å². The Labute approximate surface area is 286 Å². The van der Waals surface area contributed by atoms with E-state index in [2.05, 4.69) is 20.3 Å². The van der Waals surface area contributed by atoms with Gasteiger partial charge >= 0.3 is 0 Å². The fraction of sp³-hybridized carbons (Fsp3) is 0.706. The van der Waals surface area contributed by atoms with Crippen molar-refractivity contribution in [2.75, 3.05) is 33.7 Å². The summed E-state index contributed by atoms with van der Waals surface area (Å²) < 4.78 is 36.1. The number of hydrogen-bond donors (Lipinski definition) is 5. The van der Waals surface area contributed by atoms with E-state index in [1.54, 1.807) is 25.9 Å². The van der Waals surface area contributed by atoms with Crippen LogP contribution in [0.3, 0.4) is 0 Å². The first-order valence-corrected chi connectivity index (χ1v) is 18.5. The van der Waals surface area contributed by atoms with Gasteiger partial charge in [0.25, 0.3) is 16.5 Å². The lowest BCUT2D eigenvalue weighted by atomic mass is 9.89. The summed E-state index contributed by atoms with van der Waals surface area (Å²) in [5.74, 6) is 1.45. The number of guanidine groups is 1. The van der Waals surface area contributed by atoms with Gasteiger partial charge in [0.15, 0.2) is 0 Å². The number of fused-ring (bicyclic) bond motifs is 1. The van der Waals surface area contributed by atoms with E-state index in [1.807, 2.05) is 27.7 Å². The lowest BCUT2D eigenvalue weighted by Gasteiger charge is -2.22. The Balaban J connectivity index is 0.00000257. The highest BCUT2D eigenvalue weighted by molar-refractivity contribution is 7.90. The van der Waals surface area contributed by atoms with Crippen molar-refractivity contribution < 1.29 is 32.6 Å². The topological polar surface area (TPSA) is 193 Å². The number of ether oxygens (including phenoxy) is 1. The minimum Gasteiger partial charge on any atom is -0.487 e. The first kappa shape index (κ1) is 40.8. The van der Waals surface area contributed by atoms with Crippen LogP contribution >= 0.6 is 0 Å². The number of amides is 2. The van der Waals surface area contributed by atoms with Crippen molar-refractivity contribution in [2.45, 2.75) is 122 Å². The average Bonchev–Trinajstić information content (AvgIpc) is 3.36. The number of nitrogens with one attached hydrogen (secondary N) is 3. The van der Waals surface area contributed by atoms with Crippen LogP contribution in [0, 0.1) is 26.7 Å². The summed E-state index contributed by atoms with van der Waals surface area (Å²) in [5, 5.41) is 12.8. The molecule has 0 aromatic heterocycles. The zero-order valence-electron chi connectivity index (χ0n) is 29.9. The molecule has 1 atom stereocenters. The van der Waals surface area contributed by atoms with Gasteiger partial charge in [-0.3, -0.25) is 19.4 Å². The highest BCUT2D eigenvalue weighted by atomic mass is 32.2. The minimum absolute atomic E-state index is 0.0786. The number of hydrogen-bond acceptors (Lipinski definition) is 8. The monoisotopic (exact) mass is 694 g/mol. The van der Waals surface area contributed by atoms with E-state index < -0.39 is 16.1 Å². The zero-order chi connectivity index (χ0) is 36.1. The molecule has 0 unspecified atom stereocenters. The largest absolute Gasteiger partial charge is 0.487 e. The zero-order valence-corrected chi connectivity index (χ0v) is 30.7. The van der Waals surface area contributed by atoms with Crippen LogP contribution < -0.4 is 25.8 Å². The van der Waals surface area contributed by atoms with Crippen LogP contribution in [0.5, 0.6) is 5.75 Å². The van der Waals surface area contributed by atoms with E-state index in [9.17, 15) is 18.0 Å². The van der Waals surface area contributed by atoms with Gasteiger partial charge in [0.1, 0.15) is 11.4 Å². The van der Waals surface area contributed by atoms with Gasteiger partial charge in [0, 0.05) is 52.1 Å². The predicted octanol–water partition coefficient (Wildman–Crippen LogP) is 3.31.